The lowest BCUT2D eigenvalue weighted by atomic mass is 10.1. The molecular weight excluding hydrogens is 321 g/mol. The number of hydrogen-bond acceptors (Lipinski definition) is 2. The van der Waals surface area contributed by atoms with Crippen molar-refractivity contribution < 1.29 is 4.39 Å². The second kappa shape index (κ2) is 5.20. The molecule has 0 saturated carbocycles. The van der Waals surface area contributed by atoms with Crippen LogP contribution in [-0.4, -0.2) is 9.55 Å². The van der Waals surface area contributed by atoms with Crippen LogP contribution in [0.25, 0.3) is 11.3 Å². The maximum atomic E-state index is 13.5. The number of nitrogens with two attached hydrogens (primary N) is 1. The van der Waals surface area contributed by atoms with Crippen molar-refractivity contribution in [1.82, 2.24) is 9.55 Å². The van der Waals surface area contributed by atoms with Gasteiger partial charge in [0.15, 0.2) is 0 Å². The van der Waals surface area contributed by atoms with Crippen LogP contribution >= 0.6 is 15.9 Å². The zero-order valence-corrected chi connectivity index (χ0v) is 13.8. The Labute approximate surface area is 127 Å². The minimum atomic E-state index is -0.300. The van der Waals surface area contributed by atoms with Gasteiger partial charge in [-0.1, -0.05) is 22.9 Å². The number of nitrogen functional groups attached to an aromatic ring is 1. The van der Waals surface area contributed by atoms with Gasteiger partial charge in [0.25, 0.3) is 0 Å². The van der Waals surface area contributed by atoms with Gasteiger partial charge in [-0.25, -0.2) is 9.37 Å². The van der Waals surface area contributed by atoms with Crippen molar-refractivity contribution >= 4 is 21.7 Å². The van der Waals surface area contributed by atoms with E-state index in [1.54, 1.807) is 6.07 Å². The number of rotatable bonds is 2. The molecular formula is C15H19BrFN3. The molecule has 0 amide bonds. The molecule has 0 fully saturated rings. The summed E-state index contributed by atoms with van der Waals surface area (Å²) in [5.74, 6) is 1.17. The Morgan fingerprint density at radius 1 is 1.35 bits per heavy atom. The fraction of sp³-hybridized carbons (Fsp3) is 0.400. The minimum absolute atomic E-state index is 0.166. The Morgan fingerprint density at radius 3 is 2.50 bits per heavy atom. The van der Waals surface area contributed by atoms with Gasteiger partial charge in [0.2, 0.25) is 0 Å². The third-order valence-corrected chi connectivity index (χ3v) is 3.84. The molecule has 0 bridgehead atoms. The van der Waals surface area contributed by atoms with Crippen LogP contribution in [0.3, 0.4) is 0 Å². The van der Waals surface area contributed by atoms with Crippen LogP contribution in [0.2, 0.25) is 0 Å². The average molecular weight is 340 g/mol. The molecule has 2 N–H and O–H groups in total. The second-order valence-corrected chi connectivity index (χ2v) is 6.60. The van der Waals surface area contributed by atoms with E-state index in [1.807, 2.05) is 11.5 Å². The van der Waals surface area contributed by atoms with Crippen molar-refractivity contribution in [2.75, 3.05) is 5.73 Å². The molecule has 0 saturated heterocycles. The van der Waals surface area contributed by atoms with E-state index in [4.69, 9.17) is 5.73 Å². The number of nitrogens with zero attached hydrogens (tertiary/aromatic N) is 2. The van der Waals surface area contributed by atoms with Crippen LogP contribution in [0.1, 0.15) is 33.5 Å². The number of benzene rings is 1. The van der Waals surface area contributed by atoms with Crippen LogP contribution in [0.4, 0.5) is 10.2 Å². The van der Waals surface area contributed by atoms with Gasteiger partial charge in [0.1, 0.15) is 23.2 Å². The smallest absolute Gasteiger partial charge is 0.132 e. The van der Waals surface area contributed by atoms with Crippen LogP contribution < -0.4 is 5.73 Å². The van der Waals surface area contributed by atoms with Gasteiger partial charge < -0.3 is 10.3 Å². The molecule has 20 heavy (non-hydrogen) atoms. The normalized spacial score (nSPS) is 11.9. The predicted molar refractivity (Wildman–Crippen MR) is 84.1 cm³/mol. The molecule has 0 atom stereocenters. The Hall–Kier alpha value is -1.36. The summed E-state index contributed by atoms with van der Waals surface area (Å²) < 4.78 is 16.3. The summed E-state index contributed by atoms with van der Waals surface area (Å²) in [6.07, 6.45) is 0.772. The minimum Gasteiger partial charge on any atom is -0.383 e. The summed E-state index contributed by atoms with van der Waals surface area (Å²) in [4.78, 5) is 4.61. The topological polar surface area (TPSA) is 43.8 Å². The molecule has 1 heterocycles. The van der Waals surface area contributed by atoms with Crippen molar-refractivity contribution in [2.45, 2.75) is 39.7 Å². The SMILES string of the molecule is CCc1nc(-c2cc(F)ccc2Br)c(N)n1C(C)(C)C. The van der Waals surface area contributed by atoms with E-state index < -0.39 is 0 Å². The van der Waals surface area contributed by atoms with E-state index in [2.05, 4.69) is 41.7 Å². The van der Waals surface area contributed by atoms with Gasteiger partial charge in [-0.3, -0.25) is 0 Å². The average Bonchev–Trinajstić information content (AvgIpc) is 2.69. The fourth-order valence-corrected chi connectivity index (χ4v) is 2.78. The van der Waals surface area contributed by atoms with E-state index >= 15 is 0 Å². The first-order valence-electron chi connectivity index (χ1n) is 6.58. The predicted octanol–water partition coefficient (Wildman–Crippen LogP) is 4.35. The van der Waals surface area contributed by atoms with Crippen LogP contribution in [0.5, 0.6) is 0 Å². The van der Waals surface area contributed by atoms with Crippen molar-refractivity contribution in [1.29, 1.82) is 0 Å². The highest BCUT2D eigenvalue weighted by molar-refractivity contribution is 9.10. The summed E-state index contributed by atoms with van der Waals surface area (Å²) >= 11 is 3.44. The summed E-state index contributed by atoms with van der Waals surface area (Å²) in [5, 5.41) is 0. The zero-order valence-electron chi connectivity index (χ0n) is 12.2. The number of aromatic nitrogens is 2. The fourth-order valence-electron chi connectivity index (χ4n) is 2.34. The third kappa shape index (κ3) is 2.59. The molecule has 108 valence electrons. The van der Waals surface area contributed by atoms with Gasteiger partial charge in [0, 0.05) is 22.0 Å². The molecule has 2 rings (SSSR count). The molecule has 0 aliphatic heterocycles. The van der Waals surface area contributed by atoms with E-state index in [0.29, 0.717) is 17.1 Å². The maximum absolute atomic E-state index is 13.5. The lowest BCUT2D eigenvalue weighted by Crippen LogP contribution is -2.25. The molecule has 1 aromatic carbocycles. The van der Waals surface area contributed by atoms with Gasteiger partial charge in [-0.2, -0.15) is 0 Å². The molecule has 2 aromatic rings. The highest BCUT2D eigenvalue weighted by Crippen LogP contribution is 2.35. The second-order valence-electron chi connectivity index (χ2n) is 5.75. The monoisotopic (exact) mass is 339 g/mol. The first-order chi connectivity index (χ1) is 9.25. The van der Waals surface area contributed by atoms with Gasteiger partial charge in [-0.05, 0) is 39.0 Å². The number of aryl methyl sites for hydroxylation is 1. The van der Waals surface area contributed by atoms with Crippen molar-refractivity contribution in [3.8, 4) is 11.3 Å². The quantitative estimate of drug-likeness (QED) is 0.883. The van der Waals surface area contributed by atoms with Gasteiger partial charge >= 0.3 is 0 Å². The molecule has 0 spiro atoms. The molecule has 0 aliphatic carbocycles. The van der Waals surface area contributed by atoms with Gasteiger partial charge in [0.05, 0.1) is 0 Å². The maximum Gasteiger partial charge on any atom is 0.132 e. The standard InChI is InChI=1S/C15H19BrFN3/c1-5-12-19-13(14(18)20(12)15(2,3)4)10-8-9(17)6-7-11(10)16/h6-8H,5,18H2,1-4H3. The third-order valence-electron chi connectivity index (χ3n) is 3.15. The number of imidazole rings is 1. The van der Waals surface area contributed by atoms with Gasteiger partial charge in [-0.15, -0.1) is 0 Å². The first-order valence-corrected chi connectivity index (χ1v) is 7.38. The Morgan fingerprint density at radius 2 is 2.00 bits per heavy atom. The summed E-state index contributed by atoms with van der Waals surface area (Å²) in [7, 11) is 0. The highest BCUT2D eigenvalue weighted by atomic mass is 79.9. The Kier molecular flexibility index (Phi) is 3.91. The highest BCUT2D eigenvalue weighted by Gasteiger charge is 2.24. The van der Waals surface area contributed by atoms with E-state index in [-0.39, 0.29) is 11.4 Å². The van der Waals surface area contributed by atoms with Crippen molar-refractivity contribution in [2.24, 2.45) is 0 Å². The van der Waals surface area contributed by atoms with Crippen molar-refractivity contribution in [3.05, 3.63) is 34.3 Å². The summed E-state index contributed by atoms with van der Waals surface area (Å²) in [6.45, 7) is 8.27. The zero-order chi connectivity index (χ0) is 15.1. The van der Waals surface area contributed by atoms with Crippen LogP contribution in [0, 0.1) is 5.82 Å². The molecule has 0 aliphatic rings. The Balaban J connectivity index is 2.71. The molecule has 0 radical (unpaired) electrons. The largest absolute Gasteiger partial charge is 0.383 e. The lowest BCUT2D eigenvalue weighted by molar-refractivity contribution is 0.389. The molecule has 5 heteroatoms. The number of hydrogen-bond donors (Lipinski definition) is 1. The first kappa shape index (κ1) is 15.0. The van der Waals surface area contributed by atoms with E-state index in [9.17, 15) is 4.39 Å². The van der Waals surface area contributed by atoms with Crippen LogP contribution in [-0.2, 0) is 12.0 Å². The summed E-state index contributed by atoms with van der Waals surface area (Å²) in [6, 6.07) is 4.53. The van der Waals surface area contributed by atoms with E-state index in [1.165, 1.54) is 12.1 Å². The van der Waals surface area contributed by atoms with Crippen molar-refractivity contribution in [3.63, 3.8) is 0 Å². The lowest BCUT2D eigenvalue weighted by Gasteiger charge is -2.24. The number of anilines is 1. The number of halogens is 2. The molecule has 3 nitrogen and oxygen atoms in total. The summed E-state index contributed by atoms with van der Waals surface area (Å²) in [5.41, 5.74) is 7.42. The molecule has 0 unspecified atom stereocenters. The molecule has 1 aromatic heterocycles. The van der Waals surface area contributed by atoms with Crippen LogP contribution in [0.15, 0.2) is 22.7 Å². The Bertz CT molecular complexity index is 641. The van der Waals surface area contributed by atoms with E-state index in [0.717, 1.165) is 16.7 Å².